The standard InChI is InChI=1S/C48H54N8O7/c1-24(2)39(53-46(59)61-5)44(57)55-23-48(15-16-48)21-36(55)42-49-22-35(52-42)28-9-13-32-31-12-8-27(19-37(31)63-38(32)20-28)26-10-14-33-34(18-26)51-43(50-33)41-29-7-11-30(17-29)56(41)45(58)40(25(3)4)54-47(60)62-6/h8-10,12-14,18-20,22,24-25,29-30,36,39-41H,7,11,15-17,21,23H2,1-6H3,(H,49,52)(H,50,51)(H,53,59)(H,54,60). The van der Waals surface area contributed by atoms with Crippen LogP contribution in [0, 0.1) is 23.2 Å². The van der Waals surface area contributed by atoms with Crippen LogP contribution in [0.1, 0.15) is 90.0 Å². The van der Waals surface area contributed by atoms with E-state index in [0.29, 0.717) is 12.5 Å². The van der Waals surface area contributed by atoms with E-state index in [9.17, 15) is 19.2 Å². The van der Waals surface area contributed by atoms with E-state index in [2.05, 4.69) is 63.1 Å². The molecule has 6 unspecified atom stereocenters. The molecule has 15 heteroatoms. The number of piperidine rings is 1. The van der Waals surface area contributed by atoms with Gasteiger partial charge in [0.25, 0.3) is 0 Å². The fourth-order valence-corrected chi connectivity index (χ4v) is 10.6. The molecular formula is C48H54N8O7. The van der Waals surface area contributed by atoms with E-state index >= 15 is 0 Å². The van der Waals surface area contributed by atoms with E-state index in [1.165, 1.54) is 14.2 Å². The predicted octanol–water partition coefficient (Wildman–Crippen LogP) is 8.39. The average molecular weight is 855 g/mol. The quantitative estimate of drug-likeness (QED) is 0.105. The molecule has 0 radical (unpaired) electrons. The summed E-state index contributed by atoms with van der Waals surface area (Å²) in [6, 6.07) is 16.9. The van der Waals surface area contributed by atoms with Gasteiger partial charge in [0.15, 0.2) is 0 Å². The van der Waals surface area contributed by atoms with E-state index in [0.717, 1.165) is 106 Å². The fourth-order valence-electron chi connectivity index (χ4n) is 10.6. The molecule has 4 N–H and O–H groups in total. The Morgan fingerprint density at radius 2 is 1.43 bits per heavy atom. The van der Waals surface area contributed by atoms with Gasteiger partial charge in [-0.05, 0) is 109 Å². The lowest BCUT2D eigenvalue weighted by atomic mass is 9.95. The molecule has 2 bridgehead atoms. The van der Waals surface area contributed by atoms with Gasteiger partial charge in [0.2, 0.25) is 11.8 Å². The normalized spacial score (nSPS) is 22.2. The molecule has 6 aromatic rings. The number of fused-ring (bicyclic) bond motifs is 6. The van der Waals surface area contributed by atoms with Crippen molar-refractivity contribution in [2.24, 2.45) is 23.2 Å². The highest BCUT2D eigenvalue weighted by Crippen LogP contribution is 2.58. The molecule has 2 aliphatic heterocycles. The summed E-state index contributed by atoms with van der Waals surface area (Å²) in [7, 11) is 2.61. The van der Waals surface area contributed by atoms with Gasteiger partial charge in [0.1, 0.15) is 34.9 Å². The van der Waals surface area contributed by atoms with Gasteiger partial charge in [0.05, 0.1) is 49.2 Å². The molecule has 1 spiro atoms. The number of nitrogens with zero attached hydrogens (tertiary/aromatic N) is 4. The minimum Gasteiger partial charge on any atom is -0.456 e. The summed E-state index contributed by atoms with van der Waals surface area (Å²) < 4.78 is 16.2. The van der Waals surface area contributed by atoms with Gasteiger partial charge in [-0.2, -0.15) is 0 Å². The van der Waals surface area contributed by atoms with Crippen LogP contribution < -0.4 is 10.6 Å². The summed E-state index contributed by atoms with van der Waals surface area (Å²) in [5.41, 5.74) is 7.06. The second-order valence-corrected chi connectivity index (χ2v) is 18.9. The maximum atomic E-state index is 14.1. The maximum absolute atomic E-state index is 14.1. The number of hydrogen-bond donors (Lipinski definition) is 4. The van der Waals surface area contributed by atoms with Gasteiger partial charge < -0.3 is 44.3 Å². The number of hydrogen-bond acceptors (Lipinski definition) is 9. The molecular weight excluding hydrogens is 801 g/mol. The van der Waals surface area contributed by atoms with Crippen molar-refractivity contribution in [3.63, 3.8) is 0 Å². The van der Waals surface area contributed by atoms with Crippen molar-refractivity contribution >= 4 is 57.0 Å². The second kappa shape index (κ2) is 15.5. The number of imidazole rings is 2. The van der Waals surface area contributed by atoms with Gasteiger partial charge >= 0.3 is 12.2 Å². The minimum absolute atomic E-state index is 0.0992. The summed E-state index contributed by atoms with van der Waals surface area (Å²) in [5.74, 6) is 1.33. The van der Waals surface area contributed by atoms with Crippen LogP contribution >= 0.6 is 0 Å². The highest BCUT2D eigenvalue weighted by Gasteiger charge is 2.55. The van der Waals surface area contributed by atoms with Crippen LogP contribution in [0.5, 0.6) is 0 Å². The Kier molecular flexibility index (Phi) is 9.98. The van der Waals surface area contributed by atoms with Crippen molar-refractivity contribution in [3.8, 4) is 22.4 Å². The molecule has 3 aromatic heterocycles. The zero-order valence-electron chi connectivity index (χ0n) is 36.5. The van der Waals surface area contributed by atoms with Crippen molar-refractivity contribution in [2.45, 2.75) is 96.4 Å². The van der Waals surface area contributed by atoms with Crippen LogP contribution in [-0.2, 0) is 19.1 Å². The third kappa shape index (κ3) is 7.14. The minimum atomic E-state index is -0.704. The van der Waals surface area contributed by atoms with Gasteiger partial charge in [-0.3, -0.25) is 9.59 Å². The van der Waals surface area contributed by atoms with Gasteiger partial charge in [0, 0.05) is 28.9 Å². The number of methoxy groups -OCH3 is 2. The molecule has 2 saturated carbocycles. The Morgan fingerprint density at radius 1 is 0.794 bits per heavy atom. The summed E-state index contributed by atoms with van der Waals surface area (Å²) in [6.07, 6.45) is 6.44. The van der Waals surface area contributed by atoms with Crippen molar-refractivity contribution in [1.29, 1.82) is 0 Å². The number of carbonyl (C=O) groups excluding carboxylic acids is 4. The number of carbonyl (C=O) groups is 4. The Balaban J connectivity index is 0.895. The highest BCUT2D eigenvalue weighted by atomic mass is 16.5. The number of ether oxygens (including phenoxy) is 2. The number of benzene rings is 3. The molecule has 63 heavy (non-hydrogen) atoms. The van der Waals surface area contributed by atoms with Crippen molar-refractivity contribution < 1.29 is 33.1 Å². The van der Waals surface area contributed by atoms with Gasteiger partial charge in [-0.1, -0.05) is 45.9 Å². The molecule has 2 saturated heterocycles. The molecule has 6 atom stereocenters. The van der Waals surface area contributed by atoms with E-state index in [-0.39, 0.29) is 47.2 Å². The van der Waals surface area contributed by atoms with Crippen LogP contribution in [0.3, 0.4) is 0 Å². The first-order valence-corrected chi connectivity index (χ1v) is 22.2. The molecule has 3 aromatic carbocycles. The maximum Gasteiger partial charge on any atom is 0.407 e. The van der Waals surface area contributed by atoms with E-state index in [1.54, 1.807) is 0 Å². The average Bonchev–Trinajstić information content (AvgIpc) is 3.97. The lowest BCUT2D eigenvalue weighted by Gasteiger charge is -2.37. The van der Waals surface area contributed by atoms with Crippen molar-refractivity contribution in [2.75, 3.05) is 20.8 Å². The SMILES string of the molecule is COC(=O)NC(C(=O)N1CC2(CC2)CC1c1ncc(-c2ccc3c(c2)oc2cc(-c4ccc5nc(C6C7CCC(C7)N6C(=O)C(NC(=O)OC)C(C)C)[nH]c5c4)ccc23)[nH]1)C(C)C. The van der Waals surface area contributed by atoms with Crippen molar-refractivity contribution in [3.05, 3.63) is 72.4 Å². The molecule has 328 valence electrons. The second-order valence-electron chi connectivity index (χ2n) is 18.9. The number of aromatic nitrogens is 4. The van der Waals surface area contributed by atoms with Crippen LogP contribution in [0.4, 0.5) is 9.59 Å². The summed E-state index contributed by atoms with van der Waals surface area (Å²) in [4.78, 5) is 73.2. The first-order valence-electron chi connectivity index (χ1n) is 22.2. The van der Waals surface area contributed by atoms with E-state index in [1.807, 2.05) is 55.8 Å². The van der Waals surface area contributed by atoms with E-state index in [4.69, 9.17) is 23.9 Å². The lowest BCUT2D eigenvalue weighted by molar-refractivity contribution is -0.139. The number of H-pyrrole nitrogens is 2. The highest BCUT2D eigenvalue weighted by molar-refractivity contribution is 6.07. The third-order valence-electron chi connectivity index (χ3n) is 14.2. The summed E-state index contributed by atoms with van der Waals surface area (Å²) in [5, 5.41) is 7.53. The fraction of sp³-hybridized carbons (Fsp3) is 0.458. The number of nitrogens with one attached hydrogen (secondary N) is 4. The topological polar surface area (TPSA) is 188 Å². The first kappa shape index (κ1) is 40.7. The molecule has 15 nitrogen and oxygen atoms in total. The van der Waals surface area contributed by atoms with Crippen molar-refractivity contribution in [1.82, 2.24) is 40.4 Å². The number of furan rings is 1. The smallest absolute Gasteiger partial charge is 0.407 e. The van der Waals surface area contributed by atoms with Gasteiger partial charge in [-0.25, -0.2) is 19.6 Å². The third-order valence-corrected chi connectivity index (χ3v) is 14.2. The first-order chi connectivity index (χ1) is 30.3. The monoisotopic (exact) mass is 854 g/mol. The van der Waals surface area contributed by atoms with Crippen LogP contribution in [0.15, 0.2) is 65.2 Å². The van der Waals surface area contributed by atoms with Gasteiger partial charge in [-0.15, -0.1) is 0 Å². The Hall–Kier alpha value is -6.38. The molecule has 10 rings (SSSR count). The molecule has 2 aliphatic carbocycles. The zero-order valence-corrected chi connectivity index (χ0v) is 36.5. The van der Waals surface area contributed by atoms with E-state index < -0.39 is 24.3 Å². The Bertz CT molecular complexity index is 2780. The molecule has 5 heterocycles. The molecule has 4 amide bonds. The molecule has 4 fully saturated rings. The lowest BCUT2D eigenvalue weighted by Crippen LogP contribution is -2.54. The van der Waals surface area contributed by atoms with Crippen LogP contribution in [0.25, 0.3) is 55.4 Å². The number of alkyl carbamates (subject to hydrolysis) is 2. The predicted molar refractivity (Wildman–Crippen MR) is 236 cm³/mol. The number of amides is 4. The number of aromatic amines is 2. The Labute approximate surface area is 364 Å². The largest absolute Gasteiger partial charge is 0.456 e. The Morgan fingerprint density at radius 3 is 2.10 bits per heavy atom. The zero-order chi connectivity index (χ0) is 43.9. The summed E-state index contributed by atoms with van der Waals surface area (Å²) in [6.45, 7) is 8.34. The molecule has 4 aliphatic rings. The van der Waals surface area contributed by atoms with Crippen LogP contribution in [-0.4, -0.2) is 92.6 Å². The number of likely N-dealkylation sites (tertiary alicyclic amines) is 2. The summed E-state index contributed by atoms with van der Waals surface area (Å²) >= 11 is 0. The number of rotatable bonds is 10. The van der Waals surface area contributed by atoms with Crippen LogP contribution in [0.2, 0.25) is 0 Å².